The smallest absolute Gasteiger partial charge is 0.262 e. The van der Waals surface area contributed by atoms with Gasteiger partial charge < -0.3 is 4.42 Å². The molecule has 0 unspecified atom stereocenters. The van der Waals surface area contributed by atoms with Crippen molar-refractivity contribution in [3.63, 3.8) is 0 Å². The molecule has 0 radical (unpaired) electrons. The van der Waals surface area contributed by atoms with E-state index >= 15 is 0 Å². The topological polar surface area (TPSA) is 60.9 Å². The van der Waals surface area contributed by atoms with Gasteiger partial charge in [0.25, 0.3) is 5.56 Å². The van der Waals surface area contributed by atoms with Crippen molar-refractivity contribution in [2.24, 2.45) is 0 Å². The molecule has 0 N–H and O–H groups in total. The van der Waals surface area contributed by atoms with Crippen LogP contribution in [0.5, 0.6) is 0 Å². The lowest BCUT2D eigenvalue weighted by molar-refractivity contribution is 0.537. The first-order valence-electron chi connectivity index (χ1n) is 8.72. The lowest BCUT2D eigenvalue weighted by Gasteiger charge is -2.04. The van der Waals surface area contributed by atoms with E-state index in [1.807, 2.05) is 37.3 Å². The average Bonchev–Trinajstić information content (AvgIpc) is 3.33. The molecule has 0 saturated heterocycles. The fraction of sp³-hybridized carbons (Fsp3) is 0.250. The molecule has 0 atom stereocenters. The maximum Gasteiger partial charge on any atom is 0.262 e. The summed E-state index contributed by atoms with van der Waals surface area (Å²) >= 11 is 1.66. The number of rotatable bonds is 3. The van der Waals surface area contributed by atoms with E-state index in [-0.39, 0.29) is 5.56 Å². The molecule has 0 spiro atoms. The predicted octanol–water partition coefficient (Wildman–Crippen LogP) is 3.96. The molecule has 6 heteroatoms. The monoisotopic (exact) mass is 363 g/mol. The van der Waals surface area contributed by atoms with Crippen LogP contribution in [0.25, 0.3) is 21.7 Å². The quantitative estimate of drug-likeness (QED) is 0.553. The van der Waals surface area contributed by atoms with E-state index in [1.54, 1.807) is 22.2 Å². The second kappa shape index (κ2) is 5.92. The Kier molecular flexibility index (Phi) is 3.53. The standard InChI is InChI=1S/C20H17N3O2S/c1-12-15(22-18(25-12)13-6-3-2-4-7-13)10-23-11-21-19-17(20(23)24)14-8-5-9-16(14)26-19/h2-4,6-7,11H,5,8-10H2,1H3. The number of oxazole rings is 1. The van der Waals surface area contributed by atoms with E-state index in [9.17, 15) is 4.79 Å². The second-order valence-corrected chi connectivity index (χ2v) is 7.69. The van der Waals surface area contributed by atoms with Crippen molar-refractivity contribution in [2.75, 3.05) is 0 Å². The first-order chi connectivity index (χ1) is 12.7. The molecule has 5 nitrogen and oxygen atoms in total. The van der Waals surface area contributed by atoms with Crippen LogP contribution < -0.4 is 5.56 Å². The van der Waals surface area contributed by atoms with Crippen molar-refractivity contribution >= 4 is 21.6 Å². The minimum absolute atomic E-state index is 0.0260. The zero-order chi connectivity index (χ0) is 17.7. The van der Waals surface area contributed by atoms with Crippen molar-refractivity contribution in [1.29, 1.82) is 0 Å². The molecule has 0 aliphatic heterocycles. The van der Waals surface area contributed by atoms with Crippen LogP contribution in [0.1, 0.15) is 28.3 Å². The van der Waals surface area contributed by atoms with Crippen molar-refractivity contribution < 1.29 is 4.42 Å². The third-order valence-corrected chi connectivity index (χ3v) is 6.13. The van der Waals surface area contributed by atoms with E-state index in [0.29, 0.717) is 12.4 Å². The van der Waals surface area contributed by atoms with Gasteiger partial charge in [0.2, 0.25) is 5.89 Å². The summed E-state index contributed by atoms with van der Waals surface area (Å²) in [6, 6.07) is 9.79. The van der Waals surface area contributed by atoms with E-state index in [1.165, 1.54) is 10.4 Å². The third kappa shape index (κ3) is 2.41. The Morgan fingerprint density at radius 3 is 2.92 bits per heavy atom. The molecule has 1 aliphatic carbocycles. The SMILES string of the molecule is Cc1oc(-c2ccccc2)nc1Cn1cnc2sc3c(c2c1=O)CCC3. The highest BCUT2D eigenvalue weighted by Crippen LogP contribution is 2.34. The number of benzene rings is 1. The summed E-state index contributed by atoms with van der Waals surface area (Å²) in [6.45, 7) is 2.25. The second-order valence-electron chi connectivity index (χ2n) is 6.60. The van der Waals surface area contributed by atoms with Gasteiger partial charge in [-0.05, 0) is 43.9 Å². The summed E-state index contributed by atoms with van der Waals surface area (Å²) in [5.74, 6) is 1.31. The Bertz CT molecular complexity index is 1170. The van der Waals surface area contributed by atoms with Gasteiger partial charge in [-0.2, -0.15) is 0 Å². The van der Waals surface area contributed by atoms with Gasteiger partial charge >= 0.3 is 0 Å². The molecule has 26 heavy (non-hydrogen) atoms. The largest absolute Gasteiger partial charge is 0.441 e. The molecule has 1 aliphatic rings. The number of fused-ring (bicyclic) bond motifs is 3. The van der Waals surface area contributed by atoms with Crippen molar-refractivity contribution in [2.45, 2.75) is 32.7 Å². The molecule has 0 bridgehead atoms. The highest BCUT2D eigenvalue weighted by molar-refractivity contribution is 7.18. The Morgan fingerprint density at radius 2 is 2.08 bits per heavy atom. The maximum atomic E-state index is 13.0. The highest BCUT2D eigenvalue weighted by Gasteiger charge is 2.22. The predicted molar refractivity (Wildman–Crippen MR) is 102 cm³/mol. The van der Waals surface area contributed by atoms with Gasteiger partial charge in [0.05, 0.1) is 18.3 Å². The summed E-state index contributed by atoms with van der Waals surface area (Å²) in [7, 11) is 0. The summed E-state index contributed by atoms with van der Waals surface area (Å²) in [5, 5.41) is 0.800. The van der Waals surface area contributed by atoms with Gasteiger partial charge in [-0.3, -0.25) is 9.36 Å². The molecule has 0 fully saturated rings. The molecule has 0 amide bonds. The number of hydrogen-bond acceptors (Lipinski definition) is 5. The van der Waals surface area contributed by atoms with Crippen LogP contribution in [0.15, 0.2) is 45.9 Å². The van der Waals surface area contributed by atoms with Crippen LogP contribution in [-0.2, 0) is 19.4 Å². The summed E-state index contributed by atoms with van der Waals surface area (Å²) in [5.41, 5.74) is 2.93. The molecular weight excluding hydrogens is 346 g/mol. The molecule has 130 valence electrons. The zero-order valence-electron chi connectivity index (χ0n) is 14.4. The van der Waals surface area contributed by atoms with Crippen molar-refractivity contribution in [3.05, 3.63) is 68.9 Å². The number of hydrogen-bond donors (Lipinski definition) is 0. The van der Waals surface area contributed by atoms with Crippen LogP contribution in [0.4, 0.5) is 0 Å². The van der Waals surface area contributed by atoms with Gasteiger partial charge in [-0.25, -0.2) is 9.97 Å². The minimum atomic E-state index is 0.0260. The van der Waals surface area contributed by atoms with Crippen LogP contribution >= 0.6 is 11.3 Å². The van der Waals surface area contributed by atoms with Crippen LogP contribution in [0, 0.1) is 6.92 Å². The molecular formula is C20H17N3O2S. The Morgan fingerprint density at radius 1 is 1.23 bits per heavy atom. The molecule has 4 aromatic rings. The third-order valence-electron chi connectivity index (χ3n) is 4.93. The van der Waals surface area contributed by atoms with E-state index in [0.717, 1.165) is 46.5 Å². The van der Waals surface area contributed by atoms with Crippen molar-refractivity contribution in [3.8, 4) is 11.5 Å². The van der Waals surface area contributed by atoms with E-state index in [4.69, 9.17) is 4.42 Å². The van der Waals surface area contributed by atoms with Gasteiger partial charge in [0.15, 0.2) is 0 Å². The fourth-order valence-corrected chi connectivity index (χ4v) is 4.79. The molecule has 5 rings (SSSR count). The maximum absolute atomic E-state index is 13.0. The van der Waals surface area contributed by atoms with Crippen LogP contribution in [0.3, 0.4) is 0 Å². The van der Waals surface area contributed by atoms with Crippen LogP contribution in [0.2, 0.25) is 0 Å². The minimum Gasteiger partial charge on any atom is -0.441 e. The number of aromatic nitrogens is 3. The molecule has 3 heterocycles. The average molecular weight is 363 g/mol. The lowest BCUT2D eigenvalue weighted by atomic mass is 10.2. The molecule has 0 saturated carbocycles. The summed E-state index contributed by atoms with van der Waals surface area (Å²) in [4.78, 5) is 24.3. The Labute approximate surface area is 154 Å². The normalized spacial score (nSPS) is 13.4. The van der Waals surface area contributed by atoms with Gasteiger partial charge in [0, 0.05) is 10.4 Å². The fourth-order valence-electron chi connectivity index (χ4n) is 3.57. The van der Waals surface area contributed by atoms with Gasteiger partial charge in [-0.15, -0.1) is 11.3 Å². The molecule has 1 aromatic carbocycles. The summed E-state index contributed by atoms with van der Waals surface area (Å²) < 4.78 is 7.46. The van der Waals surface area contributed by atoms with E-state index < -0.39 is 0 Å². The lowest BCUT2D eigenvalue weighted by Crippen LogP contribution is -2.21. The van der Waals surface area contributed by atoms with Crippen molar-refractivity contribution in [1.82, 2.24) is 14.5 Å². The number of nitrogens with zero attached hydrogens (tertiary/aromatic N) is 3. The number of thiophene rings is 1. The van der Waals surface area contributed by atoms with Crippen LogP contribution in [-0.4, -0.2) is 14.5 Å². The number of aryl methyl sites for hydroxylation is 3. The highest BCUT2D eigenvalue weighted by atomic mass is 32.1. The Hall–Kier alpha value is -2.73. The summed E-state index contributed by atoms with van der Waals surface area (Å²) in [6.07, 6.45) is 4.82. The van der Waals surface area contributed by atoms with E-state index in [2.05, 4.69) is 9.97 Å². The van der Waals surface area contributed by atoms with Gasteiger partial charge in [0.1, 0.15) is 16.3 Å². The van der Waals surface area contributed by atoms with Gasteiger partial charge in [-0.1, -0.05) is 18.2 Å². The first-order valence-corrected chi connectivity index (χ1v) is 9.54. The Balaban J connectivity index is 1.55. The first kappa shape index (κ1) is 15.5. The zero-order valence-corrected chi connectivity index (χ0v) is 15.2. The molecule has 3 aromatic heterocycles.